The molecule has 30 heavy (non-hydrogen) atoms. The van der Waals surface area contributed by atoms with Crippen molar-refractivity contribution in [2.45, 2.75) is 37.9 Å². The van der Waals surface area contributed by atoms with Crippen molar-refractivity contribution < 1.29 is 32.2 Å². The second-order valence-electron chi connectivity index (χ2n) is 7.00. The van der Waals surface area contributed by atoms with Crippen LogP contribution < -0.4 is 14.8 Å². The molecule has 1 N–H and O–H groups in total. The number of alkyl halides is 3. The van der Waals surface area contributed by atoms with Gasteiger partial charge in [-0.1, -0.05) is 0 Å². The number of aromatic nitrogens is 2. The molecule has 0 aliphatic carbocycles. The molecule has 0 saturated heterocycles. The van der Waals surface area contributed by atoms with E-state index in [9.17, 15) is 18.0 Å². The van der Waals surface area contributed by atoms with Crippen LogP contribution in [0.3, 0.4) is 0 Å². The molecule has 1 aromatic carbocycles. The number of halogens is 3. The molecule has 1 aromatic heterocycles. The minimum Gasteiger partial charge on any atom is -0.491 e. The molecule has 2 unspecified atom stereocenters. The van der Waals surface area contributed by atoms with Gasteiger partial charge in [0.1, 0.15) is 25.1 Å². The summed E-state index contributed by atoms with van der Waals surface area (Å²) in [5.41, 5.74) is 1.43. The van der Waals surface area contributed by atoms with Crippen molar-refractivity contribution in [3.8, 4) is 17.7 Å². The summed E-state index contributed by atoms with van der Waals surface area (Å²) in [6.45, 7) is 0.103. The predicted octanol–water partition coefficient (Wildman–Crippen LogP) is 2.18. The number of aryl methyl sites for hydroxylation is 1. The Labute approximate surface area is 169 Å². The summed E-state index contributed by atoms with van der Waals surface area (Å²) in [4.78, 5) is 12.6. The van der Waals surface area contributed by atoms with Gasteiger partial charge in [0.15, 0.2) is 5.69 Å². The highest BCUT2D eigenvalue weighted by Crippen LogP contribution is 2.27. The lowest BCUT2D eigenvalue weighted by Crippen LogP contribution is -2.42. The number of fused-ring (bicyclic) bond motifs is 2. The number of benzene rings is 1. The first-order valence-electron chi connectivity index (χ1n) is 9.22. The fraction of sp³-hybridized carbons (Fsp3) is 0.421. The predicted molar refractivity (Wildman–Crippen MR) is 94.9 cm³/mol. The number of rotatable bonds is 3. The van der Waals surface area contributed by atoms with E-state index in [0.717, 1.165) is 5.56 Å². The zero-order valence-electron chi connectivity index (χ0n) is 15.6. The van der Waals surface area contributed by atoms with E-state index in [-0.39, 0.29) is 43.8 Å². The molecular formula is C19H17F3N4O4. The summed E-state index contributed by atoms with van der Waals surface area (Å²) >= 11 is 0. The average Bonchev–Trinajstić information content (AvgIpc) is 3.03. The number of amides is 1. The molecule has 0 bridgehead atoms. The normalized spacial score (nSPS) is 20.6. The van der Waals surface area contributed by atoms with Crippen LogP contribution in [0.4, 0.5) is 13.2 Å². The Kier molecular flexibility index (Phi) is 5.26. The number of nitrogens with one attached hydrogen (secondary N) is 1. The van der Waals surface area contributed by atoms with Crippen molar-refractivity contribution in [1.82, 2.24) is 15.1 Å². The third kappa shape index (κ3) is 4.49. The van der Waals surface area contributed by atoms with Gasteiger partial charge < -0.3 is 14.8 Å². The van der Waals surface area contributed by atoms with E-state index in [1.807, 2.05) is 0 Å². The van der Waals surface area contributed by atoms with Crippen molar-refractivity contribution in [2.75, 3.05) is 13.2 Å². The molecule has 0 radical (unpaired) electrons. The second-order valence-corrected chi connectivity index (χ2v) is 7.00. The van der Waals surface area contributed by atoms with Crippen LogP contribution in [0, 0.1) is 11.3 Å². The largest absolute Gasteiger partial charge is 0.522 e. The summed E-state index contributed by atoms with van der Waals surface area (Å²) in [5.74, 6) is 0.435. The maximum atomic E-state index is 12.6. The van der Waals surface area contributed by atoms with Crippen LogP contribution in [0.5, 0.6) is 11.6 Å². The molecule has 2 atom stereocenters. The zero-order chi connectivity index (χ0) is 21.3. The highest BCUT2D eigenvalue weighted by Gasteiger charge is 2.35. The van der Waals surface area contributed by atoms with E-state index in [2.05, 4.69) is 21.2 Å². The van der Waals surface area contributed by atoms with Crippen LogP contribution in [0.2, 0.25) is 0 Å². The standard InChI is InChI=1S/C19H17F3N4O4/c20-19(21,22)30-14-3-4-26-17(29-10-14)7-15(25-26)18(27)24-13-6-12-5-11(8-23)1-2-16(12)28-9-13/h1-2,5,7,13-14H,3-4,6,9-10H2,(H,24,27). The van der Waals surface area contributed by atoms with Gasteiger partial charge in [0, 0.05) is 12.6 Å². The number of nitriles is 1. The quantitative estimate of drug-likeness (QED) is 0.814. The molecule has 0 saturated carbocycles. The first-order chi connectivity index (χ1) is 14.3. The smallest absolute Gasteiger partial charge is 0.491 e. The van der Waals surface area contributed by atoms with Gasteiger partial charge in [-0.05, 0) is 36.6 Å². The number of carbonyl (C=O) groups is 1. The Morgan fingerprint density at radius 3 is 2.90 bits per heavy atom. The second kappa shape index (κ2) is 7.87. The molecule has 4 rings (SSSR count). The molecule has 2 aliphatic rings. The van der Waals surface area contributed by atoms with Crippen molar-refractivity contribution in [1.29, 1.82) is 5.26 Å². The number of carbonyl (C=O) groups excluding carboxylic acids is 1. The minimum absolute atomic E-state index is 0.0454. The molecule has 1 amide bonds. The first kappa shape index (κ1) is 20.0. The topological polar surface area (TPSA) is 98.4 Å². The molecule has 3 heterocycles. The van der Waals surface area contributed by atoms with Gasteiger partial charge in [-0.15, -0.1) is 13.2 Å². The highest BCUT2D eigenvalue weighted by atomic mass is 19.4. The monoisotopic (exact) mass is 422 g/mol. The van der Waals surface area contributed by atoms with Gasteiger partial charge >= 0.3 is 6.36 Å². The molecule has 11 heteroatoms. The third-order valence-corrected chi connectivity index (χ3v) is 4.79. The van der Waals surface area contributed by atoms with Gasteiger partial charge in [-0.25, -0.2) is 4.68 Å². The summed E-state index contributed by atoms with van der Waals surface area (Å²) in [7, 11) is 0. The molecule has 2 aliphatic heterocycles. The van der Waals surface area contributed by atoms with Crippen LogP contribution in [-0.2, 0) is 17.7 Å². The Morgan fingerprint density at radius 1 is 1.30 bits per heavy atom. The fourth-order valence-corrected chi connectivity index (χ4v) is 3.41. The lowest BCUT2D eigenvalue weighted by Gasteiger charge is -2.26. The van der Waals surface area contributed by atoms with E-state index in [4.69, 9.17) is 14.7 Å². The fourth-order valence-electron chi connectivity index (χ4n) is 3.41. The number of hydrogen-bond donors (Lipinski definition) is 1. The Bertz CT molecular complexity index is 973. The van der Waals surface area contributed by atoms with Gasteiger partial charge in [-0.3, -0.25) is 9.53 Å². The molecule has 8 nitrogen and oxygen atoms in total. The third-order valence-electron chi connectivity index (χ3n) is 4.79. The van der Waals surface area contributed by atoms with Crippen LogP contribution in [0.1, 0.15) is 28.0 Å². The summed E-state index contributed by atoms with van der Waals surface area (Å²) in [6, 6.07) is 8.25. The van der Waals surface area contributed by atoms with Gasteiger partial charge in [0.2, 0.25) is 5.88 Å². The lowest BCUT2D eigenvalue weighted by molar-refractivity contribution is -0.345. The van der Waals surface area contributed by atoms with E-state index in [0.29, 0.717) is 17.7 Å². The molecule has 2 aromatic rings. The maximum Gasteiger partial charge on any atom is 0.522 e. The van der Waals surface area contributed by atoms with Crippen molar-refractivity contribution in [3.05, 3.63) is 41.1 Å². The molecule has 0 spiro atoms. The van der Waals surface area contributed by atoms with Gasteiger partial charge in [0.25, 0.3) is 5.91 Å². The van der Waals surface area contributed by atoms with Crippen LogP contribution in [0.25, 0.3) is 0 Å². The summed E-state index contributed by atoms with van der Waals surface area (Å²) in [5, 5.41) is 16.0. The Hall–Kier alpha value is -3.26. The maximum absolute atomic E-state index is 12.6. The lowest BCUT2D eigenvalue weighted by atomic mass is 10.0. The Balaban J connectivity index is 1.38. The SMILES string of the molecule is N#Cc1ccc2c(c1)CC(NC(=O)c1cc3n(n1)CCC(OC(F)(F)F)CO3)CO2. The average molecular weight is 422 g/mol. The zero-order valence-corrected chi connectivity index (χ0v) is 15.6. The van der Waals surface area contributed by atoms with E-state index >= 15 is 0 Å². The Morgan fingerprint density at radius 2 is 2.13 bits per heavy atom. The summed E-state index contributed by atoms with van der Waals surface area (Å²) in [6.07, 6.45) is -5.33. The van der Waals surface area contributed by atoms with Crippen LogP contribution in [-0.4, -0.2) is 47.4 Å². The molecule has 158 valence electrons. The van der Waals surface area contributed by atoms with Crippen molar-refractivity contribution in [2.24, 2.45) is 0 Å². The van der Waals surface area contributed by atoms with Crippen molar-refractivity contribution in [3.63, 3.8) is 0 Å². The minimum atomic E-state index is -4.74. The summed E-state index contributed by atoms with van der Waals surface area (Å²) < 4.78 is 53.5. The first-order valence-corrected chi connectivity index (χ1v) is 9.22. The molecular weight excluding hydrogens is 405 g/mol. The van der Waals surface area contributed by atoms with Crippen molar-refractivity contribution >= 4 is 5.91 Å². The van der Waals surface area contributed by atoms with Gasteiger partial charge in [0.05, 0.1) is 17.7 Å². The van der Waals surface area contributed by atoms with Crippen LogP contribution in [0.15, 0.2) is 24.3 Å². The highest BCUT2D eigenvalue weighted by molar-refractivity contribution is 5.92. The van der Waals surface area contributed by atoms with E-state index in [1.54, 1.807) is 18.2 Å². The van der Waals surface area contributed by atoms with E-state index in [1.165, 1.54) is 10.7 Å². The van der Waals surface area contributed by atoms with E-state index < -0.39 is 18.4 Å². The number of ether oxygens (including phenoxy) is 3. The number of hydrogen-bond acceptors (Lipinski definition) is 6. The molecule has 0 fully saturated rings. The number of nitrogens with zero attached hydrogens (tertiary/aromatic N) is 3. The van der Waals surface area contributed by atoms with Gasteiger partial charge in [-0.2, -0.15) is 10.4 Å². The van der Waals surface area contributed by atoms with Crippen LogP contribution >= 0.6 is 0 Å².